The van der Waals surface area contributed by atoms with Gasteiger partial charge in [0.05, 0.1) is 10.9 Å². The molecule has 0 aliphatic carbocycles. The third kappa shape index (κ3) is 5.72. The van der Waals surface area contributed by atoms with Gasteiger partial charge in [-0.1, -0.05) is 6.07 Å². The molecule has 11 nitrogen and oxygen atoms in total. The molecule has 0 bridgehead atoms. The van der Waals surface area contributed by atoms with Crippen molar-refractivity contribution < 1.29 is 27.5 Å². The molecule has 3 aromatic rings. The van der Waals surface area contributed by atoms with E-state index in [1.54, 1.807) is 11.0 Å². The average molecular weight is 543 g/mol. The number of pyridine rings is 1. The Morgan fingerprint density at radius 1 is 1.00 bits per heavy atom. The number of hydrogen-bond donors (Lipinski definition) is 2. The molecule has 3 heterocycles. The van der Waals surface area contributed by atoms with Crippen LogP contribution in [0.1, 0.15) is 41.6 Å². The molecule has 1 aliphatic heterocycles. The van der Waals surface area contributed by atoms with Crippen LogP contribution >= 0.6 is 0 Å². The minimum Gasteiger partial charge on any atom is -0.506 e. The van der Waals surface area contributed by atoms with Crippen LogP contribution in [-0.4, -0.2) is 76.3 Å². The smallest absolute Gasteiger partial charge is 0.285 e. The zero-order valence-electron chi connectivity index (χ0n) is 21.0. The molecule has 0 saturated carbocycles. The number of amides is 2. The summed E-state index contributed by atoms with van der Waals surface area (Å²) in [6, 6.07) is 8.53. The van der Waals surface area contributed by atoms with Gasteiger partial charge in [0.1, 0.15) is 11.6 Å². The Bertz CT molecular complexity index is 1470. The Balaban J connectivity index is 1.37. The SMILES string of the molecule is CC(C)(C)S(=O)(=O)NC(=O)c1ccc(N2CCN(C(=O)c3ccc(-c4cncc(O)c4)c(F)c3)CC2)nn1. The summed E-state index contributed by atoms with van der Waals surface area (Å²) in [4.78, 5) is 32.6. The molecule has 1 fully saturated rings. The van der Waals surface area contributed by atoms with Gasteiger partial charge in [-0.25, -0.2) is 17.5 Å². The second-order valence-electron chi connectivity index (χ2n) is 9.73. The van der Waals surface area contributed by atoms with Crippen molar-refractivity contribution in [2.45, 2.75) is 25.5 Å². The van der Waals surface area contributed by atoms with Gasteiger partial charge in [-0.15, -0.1) is 10.2 Å². The van der Waals surface area contributed by atoms with E-state index in [1.165, 1.54) is 63.5 Å². The summed E-state index contributed by atoms with van der Waals surface area (Å²) >= 11 is 0. The molecule has 13 heteroatoms. The van der Waals surface area contributed by atoms with Crippen molar-refractivity contribution in [3.63, 3.8) is 0 Å². The van der Waals surface area contributed by atoms with E-state index in [1.807, 2.05) is 9.62 Å². The van der Waals surface area contributed by atoms with Gasteiger partial charge in [0.2, 0.25) is 10.0 Å². The minimum absolute atomic E-state index is 0.0870. The van der Waals surface area contributed by atoms with E-state index in [2.05, 4.69) is 15.2 Å². The number of anilines is 1. The molecule has 4 rings (SSSR count). The van der Waals surface area contributed by atoms with Crippen LogP contribution < -0.4 is 9.62 Å². The molecule has 1 saturated heterocycles. The standard InChI is InChI=1S/C25H27FN6O5S/c1-25(2,3)38(36,37)30-23(34)21-6-7-22(29-28-21)31-8-10-32(11-9-31)24(35)16-4-5-19(20(26)13-16)17-12-18(33)15-27-14-17/h4-7,12-15,33H,8-11H2,1-3H3,(H,30,34). The number of benzene rings is 1. The van der Waals surface area contributed by atoms with E-state index < -0.39 is 26.5 Å². The zero-order chi connectivity index (χ0) is 27.7. The summed E-state index contributed by atoms with van der Waals surface area (Å²) in [5.41, 5.74) is 0.688. The molecule has 1 aliphatic rings. The molecule has 2 N–H and O–H groups in total. The molecule has 0 radical (unpaired) electrons. The Kier molecular flexibility index (Phi) is 7.31. The van der Waals surface area contributed by atoms with Crippen molar-refractivity contribution in [1.82, 2.24) is 24.8 Å². The number of hydrogen-bond acceptors (Lipinski definition) is 9. The van der Waals surface area contributed by atoms with E-state index in [0.29, 0.717) is 37.6 Å². The third-order valence-corrected chi connectivity index (χ3v) is 8.12. The first-order chi connectivity index (χ1) is 17.9. The molecular formula is C25H27FN6O5S. The zero-order valence-corrected chi connectivity index (χ0v) is 21.9. The maximum atomic E-state index is 14.8. The van der Waals surface area contributed by atoms with Crippen LogP contribution in [0.4, 0.5) is 10.2 Å². The molecular weight excluding hydrogens is 515 g/mol. The highest BCUT2D eigenvalue weighted by Gasteiger charge is 2.31. The molecule has 2 amide bonds. The van der Waals surface area contributed by atoms with Gasteiger partial charge in [0, 0.05) is 49.1 Å². The summed E-state index contributed by atoms with van der Waals surface area (Å²) in [5, 5.41) is 17.5. The number of halogens is 1. The molecule has 0 unspecified atom stereocenters. The van der Waals surface area contributed by atoms with Crippen LogP contribution in [0.3, 0.4) is 0 Å². The van der Waals surface area contributed by atoms with Crippen LogP contribution in [0.5, 0.6) is 5.75 Å². The summed E-state index contributed by atoms with van der Waals surface area (Å²) in [6.07, 6.45) is 2.67. The van der Waals surface area contributed by atoms with Gasteiger partial charge in [0.15, 0.2) is 11.5 Å². The molecule has 2 aromatic heterocycles. The van der Waals surface area contributed by atoms with Crippen LogP contribution in [0, 0.1) is 5.82 Å². The number of sulfonamides is 1. The van der Waals surface area contributed by atoms with E-state index in [-0.39, 0.29) is 28.5 Å². The number of rotatable bonds is 5. The van der Waals surface area contributed by atoms with E-state index in [4.69, 9.17) is 0 Å². The second kappa shape index (κ2) is 10.3. The van der Waals surface area contributed by atoms with Gasteiger partial charge in [-0.05, 0) is 51.1 Å². The number of carbonyl (C=O) groups excluding carboxylic acids is 2. The van der Waals surface area contributed by atoms with Crippen molar-refractivity contribution in [2.24, 2.45) is 0 Å². The van der Waals surface area contributed by atoms with Crippen molar-refractivity contribution in [3.8, 4) is 16.9 Å². The maximum absolute atomic E-state index is 14.8. The van der Waals surface area contributed by atoms with Crippen LogP contribution in [0.15, 0.2) is 48.8 Å². The minimum atomic E-state index is -3.89. The number of aromatic hydroxyl groups is 1. The van der Waals surface area contributed by atoms with Crippen molar-refractivity contribution in [2.75, 3.05) is 31.1 Å². The lowest BCUT2D eigenvalue weighted by Crippen LogP contribution is -2.49. The third-order valence-electron chi connectivity index (χ3n) is 6.06. The number of carbonyl (C=O) groups is 2. The Morgan fingerprint density at radius 3 is 2.29 bits per heavy atom. The fourth-order valence-electron chi connectivity index (χ4n) is 3.72. The van der Waals surface area contributed by atoms with Crippen LogP contribution in [-0.2, 0) is 10.0 Å². The quantitative estimate of drug-likeness (QED) is 0.495. The van der Waals surface area contributed by atoms with E-state index in [9.17, 15) is 27.5 Å². The molecule has 0 spiro atoms. The summed E-state index contributed by atoms with van der Waals surface area (Å²) < 4.78 is 40.0. The normalized spacial score (nSPS) is 14.3. The van der Waals surface area contributed by atoms with Crippen molar-refractivity contribution >= 4 is 27.7 Å². The predicted octanol–water partition coefficient (Wildman–Crippen LogP) is 2.20. The lowest BCUT2D eigenvalue weighted by Gasteiger charge is -2.35. The fourth-order valence-corrected chi connectivity index (χ4v) is 4.38. The monoisotopic (exact) mass is 542 g/mol. The highest BCUT2D eigenvalue weighted by atomic mass is 32.2. The topological polar surface area (TPSA) is 146 Å². The number of nitrogens with one attached hydrogen (secondary N) is 1. The first-order valence-corrected chi connectivity index (χ1v) is 13.2. The van der Waals surface area contributed by atoms with Gasteiger partial charge >= 0.3 is 0 Å². The number of piperazine rings is 1. The van der Waals surface area contributed by atoms with Crippen LogP contribution in [0.2, 0.25) is 0 Å². The summed E-state index contributed by atoms with van der Waals surface area (Å²) in [5.74, 6) is -1.40. The summed E-state index contributed by atoms with van der Waals surface area (Å²) in [7, 11) is -3.89. The Hall–Kier alpha value is -4.13. The predicted molar refractivity (Wildman–Crippen MR) is 138 cm³/mol. The number of aromatic nitrogens is 3. The molecule has 200 valence electrons. The Labute approximate surface area is 219 Å². The fraction of sp³-hybridized carbons (Fsp3) is 0.320. The highest BCUT2D eigenvalue weighted by Crippen LogP contribution is 2.26. The molecule has 0 atom stereocenters. The second-order valence-corrected chi connectivity index (χ2v) is 12.2. The van der Waals surface area contributed by atoms with Crippen molar-refractivity contribution in [1.29, 1.82) is 0 Å². The largest absolute Gasteiger partial charge is 0.506 e. The first kappa shape index (κ1) is 26.9. The maximum Gasteiger partial charge on any atom is 0.285 e. The lowest BCUT2D eigenvalue weighted by molar-refractivity contribution is 0.0745. The van der Waals surface area contributed by atoms with E-state index in [0.717, 1.165) is 0 Å². The average Bonchev–Trinajstić information content (AvgIpc) is 2.87. The first-order valence-electron chi connectivity index (χ1n) is 11.7. The lowest BCUT2D eigenvalue weighted by atomic mass is 10.0. The van der Waals surface area contributed by atoms with Gasteiger partial charge in [-0.2, -0.15) is 0 Å². The van der Waals surface area contributed by atoms with Gasteiger partial charge < -0.3 is 14.9 Å². The number of nitrogens with zero attached hydrogens (tertiary/aromatic N) is 5. The van der Waals surface area contributed by atoms with Gasteiger partial charge in [0.25, 0.3) is 11.8 Å². The van der Waals surface area contributed by atoms with Crippen LogP contribution in [0.25, 0.3) is 11.1 Å². The molecule has 1 aromatic carbocycles. The van der Waals surface area contributed by atoms with E-state index >= 15 is 0 Å². The Morgan fingerprint density at radius 2 is 1.71 bits per heavy atom. The summed E-state index contributed by atoms with van der Waals surface area (Å²) in [6.45, 7) is 5.99. The molecule has 38 heavy (non-hydrogen) atoms. The van der Waals surface area contributed by atoms with Gasteiger partial charge in [-0.3, -0.25) is 14.6 Å². The highest BCUT2D eigenvalue weighted by molar-refractivity contribution is 7.91. The van der Waals surface area contributed by atoms with Crippen molar-refractivity contribution in [3.05, 3.63) is 65.9 Å².